The van der Waals surface area contributed by atoms with E-state index < -0.39 is 0 Å². The Morgan fingerprint density at radius 2 is 2.00 bits per heavy atom. The Balaban J connectivity index is 1.42. The summed E-state index contributed by atoms with van der Waals surface area (Å²) in [5.74, 6) is 1.15. The lowest BCUT2D eigenvalue weighted by Crippen LogP contribution is -2.59. The van der Waals surface area contributed by atoms with Crippen LogP contribution in [0, 0.1) is 0 Å². The maximum atomic E-state index is 11.4. The Morgan fingerprint density at radius 3 is 2.65 bits per heavy atom. The molecular weight excluding hydrogens is 328 g/mol. The third-order valence-electron chi connectivity index (χ3n) is 5.40. The number of hydrogen-bond acceptors (Lipinski definition) is 6. The molecule has 0 spiro atoms. The largest absolute Gasteiger partial charge is 0.355 e. The molecule has 0 saturated carbocycles. The molecule has 1 aromatic rings. The quantitative estimate of drug-likeness (QED) is 0.835. The number of hydrogen-bond donors (Lipinski definition) is 1. The molecule has 0 aromatic carbocycles. The van der Waals surface area contributed by atoms with Gasteiger partial charge in [-0.2, -0.15) is 5.10 Å². The smallest absolute Gasteiger partial charge is 0.221 e. The predicted octanol–water partition coefficient (Wildman–Crippen LogP) is 0.716. The first-order valence-corrected chi connectivity index (χ1v) is 9.61. The Kier molecular flexibility index (Phi) is 5.77. The molecule has 0 atom stereocenters. The van der Waals surface area contributed by atoms with Crippen LogP contribution in [0.1, 0.15) is 32.9 Å². The zero-order valence-corrected chi connectivity index (χ0v) is 16.5. The van der Waals surface area contributed by atoms with Crippen LogP contribution < -0.4 is 10.2 Å². The van der Waals surface area contributed by atoms with Gasteiger partial charge in [-0.1, -0.05) is 20.8 Å². The maximum Gasteiger partial charge on any atom is 0.221 e. The fourth-order valence-corrected chi connectivity index (χ4v) is 3.33. The summed E-state index contributed by atoms with van der Waals surface area (Å²) >= 11 is 0. The highest BCUT2D eigenvalue weighted by molar-refractivity contribution is 5.76. The Bertz CT molecular complexity index is 605. The van der Waals surface area contributed by atoms with Gasteiger partial charge in [0, 0.05) is 63.7 Å². The second kappa shape index (κ2) is 7.88. The van der Waals surface area contributed by atoms with E-state index in [1.165, 1.54) is 0 Å². The monoisotopic (exact) mass is 360 g/mol. The number of amides is 1. The van der Waals surface area contributed by atoms with Crippen molar-refractivity contribution < 1.29 is 4.79 Å². The van der Waals surface area contributed by atoms with Crippen molar-refractivity contribution in [2.24, 2.45) is 0 Å². The Hall–Kier alpha value is -1.73. The van der Waals surface area contributed by atoms with Gasteiger partial charge in [-0.05, 0) is 19.2 Å². The molecule has 2 aliphatic rings. The number of anilines is 1. The van der Waals surface area contributed by atoms with Crippen molar-refractivity contribution in [2.75, 3.05) is 57.8 Å². The molecule has 2 fully saturated rings. The first-order chi connectivity index (χ1) is 12.3. The third kappa shape index (κ3) is 4.71. The van der Waals surface area contributed by atoms with Gasteiger partial charge in [-0.3, -0.25) is 14.6 Å². The van der Waals surface area contributed by atoms with Crippen molar-refractivity contribution in [1.29, 1.82) is 0 Å². The number of carbonyl (C=O) groups is 1. The Morgan fingerprint density at radius 1 is 1.23 bits per heavy atom. The first kappa shape index (κ1) is 19.0. The second-order valence-corrected chi connectivity index (χ2v) is 8.51. The molecule has 3 heterocycles. The van der Waals surface area contributed by atoms with Gasteiger partial charge in [0.15, 0.2) is 5.82 Å². The molecular formula is C19H32N6O. The number of carbonyl (C=O) groups excluding carboxylic acids is 1. The van der Waals surface area contributed by atoms with Crippen LogP contribution in [0.15, 0.2) is 12.1 Å². The minimum atomic E-state index is 0.0384. The fraction of sp³-hybridized carbons (Fsp3) is 0.737. The van der Waals surface area contributed by atoms with Gasteiger partial charge in [-0.25, -0.2) is 0 Å². The lowest BCUT2D eigenvalue weighted by atomic mass is 9.92. The van der Waals surface area contributed by atoms with E-state index in [1.54, 1.807) is 0 Å². The van der Waals surface area contributed by atoms with E-state index in [-0.39, 0.29) is 11.3 Å². The molecule has 144 valence electrons. The molecule has 26 heavy (non-hydrogen) atoms. The van der Waals surface area contributed by atoms with E-state index in [4.69, 9.17) is 0 Å². The van der Waals surface area contributed by atoms with Gasteiger partial charge in [-0.15, -0.1) is 5.10 Å². The normalized spacial score (nSPS) is 20.0. The van der Waals surface area contributed by atoms with Crippen LogP contribution in [0.2, 0.25) is 0 Å². The number of nitrogens with one attached hydrogen (secondary N) is 1. The fourth-order valence-electron chi connectivity index (χ4n) is 3.33. The van der Waals surface area contributed by atoms with Crippen LogP contribution in [-0.2, 0) is 10.2 Å². The summed E-state index contributed by atoms with van der Waals surface area (Å²) in [5, 5.41) is 11.7. The molecule has 7 heteroatoms. The summed E-state index contributed by atoms with van der Waals surface area (Å²) in [6.45, 7) is 13.1. The summed E-state index contributed by atoms with van der Waals surface area (Å²) in [5.41, 5.74) is 1.07. The number of likely N-dealkylation sites (N-methyl/N-ethyl adjacent to an activating group) is 1. The Labute approximate surface area is 156 Å². The van der Waals surface area contributed by atoms with Crippen molar-refractivity contribution >= 4 is 11.7 Å². The lowest BCUT2D eigenvalue weighted by Gasteiger charge is -2.45. The van der Waals surface area contributed by atoms with Crippen molar-refractivity contribution in [3.05, 3.63) is 17.8 Å². The molecule has 2 saturated heterocycles. The van der Waals surface area contributed by atoms with Gasteiger partial charge in [0.1, 0.15) is 0 Å². The lowest BCUT2D eigenvalue weighted by molar-refractivity contribution is -0.120. The predicted molar refractivity (Wildman–Crippen MR) is 103 cm³/mol. The van der Waals surface area contributed by atoms with Crippen LogP contribution in [-0.4, -0.2) is 84.8 Å². The molecule has 0 bridgehead atoms. The highest BCUT2D eigenvalue weighted by atomic mass is 16.1. The first-order valence-electron chi connectivity index (χ1n) is 9.61. The van der Waals surface area contributed by atoms with Crippen molar-refractivity contribution in [3.63, 3.8) is 0 Å². The maximum absolute atomic E-state index is 11.4. The van der Waals surface area contributed by atoms with Crippen molar-refractivity contribution in [3.8, 4) is 0 Å². The van der Waals surface area contributed by atoms with E-state index in [0.29, 0.717) is 12.5 Å². The molecule has 7 nitrogen and oxygen atoms in total. The molecule has 0 unspecified atom stereocenters. The molecule has 1 aromatic heterocycles. The van der Waals surface area contributed by atoms with E-state index >= 15 is 0 Å². The minimum absolute atomic E-state index is 0.0384. The zero-order valence-electron chi connectivity index (χ0n) is 16.5. The average Bonchev–Trinajstić information content (AvgIpc) is 2.75. The van der Waals surface area contributed by atoms with E-state index in [2.05, 4.69) is 70.2 Å². The number of nitrogens with zero attached hydrogens (tertiary/aromatic N) is 5. The number of aromatic nitrogens is 2. The highest BCUT2D eigenvalue weighted by Gasteiger charge is 2.31. The van der Waals surface area contributed by atoms with Crippen LogP contribution >= 0.6 is 0 Å². The average molecular weight is 361 g/mol. The summed E-state index contributed by atoms with van der Waals surface area (Å²) in [7, 11) is 2.19. The molecule has 3 rings (SSSR count). The van der Waals surface area contributed by atoms with Gasteiger partial charge >= 0.3 is 0 Å². The van der Waals surface area contributed by atoms with Crippen molar-refractivity contribution in [2.45, 2.75) is 38.6 Å². The molecule has 0 radical (unpaired) electrons. The zero-order chi connectivity index (χ0) is 18.7. The summed E-state index contributed by atoms with van der Waals surface area (Å²) in [6, 6.07) is 4.74. The number of rotatable bonds is 5. The topological polar surface area (TPSA) is 64.6 Å². The molecule has 1 amide bonds. The van der Waals surface area contributed by atoms with Gasteiger partial charge in [0.2, 0.25) is 5.91 Å². The van der Waals surface area contributed by atoms with E-state index in [0.717, 1.165) is 57.3 Å². The van der Waals surface area contributed by atoms with Gasteiger partial charge in [0.25, 0.3) is 0 Å². The van der Waals surface area contributed by atoms with Crippen LogP contribution in [0.25, 0.3) is 0 Å². The summed E-state index contributed by atoms with van der Waals surface area (Å²) < 4.78 is 0. The van der Waals surface area contributed by atoms with Gasteiger partial charge < -0.3 is 10.2 Å². The van der Waals surface area contributed by atoms with Crippen molar-refractivity contribution in [1.82, 2.24) is 25.3 Å². The minimum Gasteiger partial charge on any atom is -0.355 e. The standard InChI is InChI=1S/C19H32N6O/c1-19(2,3)16-5-6-17(22-21-16)25-13-15(14-25)23(4)11-12-24-9-7-18(26)20-8-10-24/h5-6,15H,7-14H2,1-4H3,(H,20,26). The summed E-state index contributed by atoms with van der Waals surface area (Å²) in [4.78, 5) is 18.5. The van der Waals surface area contributed by atoms with Crippen LogP contribution in [0.5, 0.6) is 0 Å². The van der Waals surface area contributed by atoms with Crippen LogP contribution in [0.3, 0.4) is 0 Å². The second-order valence-electron chi connectivity index (χ2n) is 8.51. The third-order valence-corrected chi connectivity index (χ3v) is 5.40. The molecule has 2 aliphatic heterocycles. The summed E-state index contributed by atoms with van der Waals surface area (Å²) in [6.07, 6.45) is 0.615. The van der Waals surface area contributed by atoms with Gasteiger partial charge in [0.05, 0.1) is 5.69 Å². The van der Waals surface area contributed by atoms with Crippen LogP contribution in [0.4, 0.5) is 5.82 Å². The highest BCUT2D eigenvalue weighted by Crippen LogP contribution is 2.24. The SMILES string of the molecule is CN(CCN1CCNC(=O)CC1)C1CN(c2ccc(C(C)(C)C)nn2)C1. The molecule has 0 aliphatic carbocycles. The van der Waals surface area contributed by atoms with E-state index in [9.17, 15) is 4.79 Å². The van der Waals surface area contributed by atoms with E-state index in [1.807, 2.05) is 0 Å². The molecule has 1 N–H and O–H groups in total.